The lowest BCUT2D eigenvalue weighted by Crippen LogP contribution is -2.15. The van der Waals surface area contributed by atoms with Crippen molar-refractivity contribution in [2.24, 2.45) is 5.92 Å². The molecule has 1 aliphatic heterocycles. The Bertz CT molecular complexity index is 89.0. The number of hydrogen-bond donors (Lipinski definition) is 0. The van der Waals surface area contributed by atoms with Crippen LogP contribution in [0.25, 0.3) is 0 Å². The molecule has 1 fully saturated rings. The van der Waals surface area contributed by atoms with E-state index >= 15 is 0 Å². The Morgan fingerprint density at radius 2 is 1.91 bits per heavy atom. The highest BCUT2D eigenvalue weighted by molar-refractivity contribution is 4.75. The normalized spacial score (nSPS) is 31.1. The molecule has 0 aromatic heterocycles. The molecule has 1 heteroatoms. The molecule has 66 valence electrons. The molecule has 0 bridgehead atoms. The van der Waals surface area contributed by atoms with Gasteiger partial charge in [-0.2, -0.15) is 0 Å². The van der Waals surface area contributed by atoms with E-state index in [2.05, 4.69) is 13.8 Å². The van der Waals surface area contributed by atoms with Gasteiger partial charge in [0.15, 0.2) is 0 Å². The van der Waals surface area contributed by atoms with Gasteiger partial charge in [0.25, 0.3) is 0 Å². The van der Waals surface area contributed by atoms with E-state index in [4.69, 9.17) is 4.74 Å². The monoisotopic (exact) mass is 156 g/mol. The van der Waals surface area contributed by atoms with Crippen molar-refractivity contribution < 1.29 is 4.74 Å². The van der Waals surface area contributed by atoms with Gasteiger partial charge in [-0.3, -0.25) is 0 Å². The minimum absolute atomic E-state index is 0.597. The maximum Gasteiger partial charge on any atom is 0.0604 e. The van der Waals surface area contributed by atoms with Crippen LogP contribution < -0.4 is 0 Å². The van der Waals surface area contributed by atoms with Crippen LogP contribution in [-0.4, -0.2) is 12.7 Å². The van der Waals surface area contributed by atoms with Crippen LogP contribution in [0.4, 0.5) is 0 Å². The molecule has 1 rings (SSSR count). The molecule has 11 heavy (non-hydrogen) atoms. The van der Waals surface area contributed by atoms with Gasteiger partial charge in [-0.05, 0) is 25.2 Å². The van der Waals surface area contributed by atoms with Gasteiger partial charge in [-0.15, -0.1) is 0 Å². The summed E-state index contributed by atoms with van der Waals surface area (Å²) in [5, 5.41) is 0. The molecular weight excluding hydrogens is 136 g/mol. The van der Waals surface area contributed by atoms with Crippen molar-refractivity contribution in [3.05, 3.63) is 0 Å². The number of hydrogen-bond acceptors (Lipinski definition) is 1. The lowest BCUT2D eigenvalue weighted by molar-refractivity contribution is 0.0807. The molecule has 1 nitrogen and oxygen atoms in total. The van der Waals surface area contributed by atoms with Gasteiger partial charge in [-0.1, -0.05) is 26.7 Å². The van der Waals surface area contributed by atoms with Crippen molar-refractivity contribution in [2.75, 3.05) is 6.61 Å². The smallest absolute Gasteiger partial charge is 0.0604 e. The maximum atomic E-state index is 5.66. The molecule has 0 aromatic rings. The lowest BCUT2D eigenvalue weighted by Gasteiger charge is -2.16. The first-order valence-corrected chi connectivity index (χ1v) is 5.00. The van der Waals surface area contributed by atoms with Crippen molar-refractivity contribution in [2.45, 2.75) is 52.1 Å². The highest BCUT2D eigenvalue weighted by Crippen LogP contribution is 2.27. The van der Waals surface area contributed by atoms with E-state index in [9.17, 15) is 0 Å². The zero-order valence-corrected chi connectivity index (χ0v) is 7.81. The molecule has 0 aromatic carbocycles. The van der Waals surface area contributed by atoms with Gasteiger partial charge in [0, 0.05) is 6.61 Å². The summed E-state index contributed by atoms with van der Waals surface area (Å²) in [4.78, 5) is 0. The minimum Gasteiger partial charge on any atom is -0.378 e. The van der Waals surface area contributed by atoms with E-state index in [1.54, 1.807) is 0 Å². The van der Waals surface area contributed by atoms with Crippen molar-refractivity contribution in [1.82, 2.24) is 0 Å². The molecule has 1 heterocycles. The highest BCUT2D eigenvalue weighted by Gasteiger charge is 2.25. The van der Waals surface area contributed by atoms with Crippen LogP contribution in [0.2, 0.25) is 0 Å². The predicted molar refractivity (Wildman–Crippen MR) is 47.7 cm³/mol. The molecule has 0 radical (unpaired) electrons. The fourth-order valence-corrected chi connectivity index (χ4v) is 2.00. The molecule has 1 saturated heterocycles. The Kier molecular flexibility index (Phi) is 3.92. The minimum atomic E-state index is 0.597. The second-order valence-electron chi connectivity index (χ2n) is 3.54. The third-order valence-corrected chi connectivity index (χ3v) is 2.58. The molecule has 0 saturated carbocycles. The average molecular weight is 156 g/mol. The topological polar surface area (TPSA) is 9.23 Å². The maximum absolute atomic E-state index is 5.66. The Labute approximate surface area is 70.1 Å². The van der Waals surface area contributed by atoms with Crippen LogP contribution in [-0.2, 0) is 4.74 Å². The Balaban J connectivity index is 2.25. The zero-order chi connectivity index (χ0) is 8.10. The van der Waals surface area contributed by atoms with E-state index in [0.29, 0.717) is 6.10 Å². The number of ether oxygens (including phenoxy) is 1. The van der Waals surface area contributed by atoms with Gasteiger partial charge < -0.3 is 4.74 Å². The quantitative estimate of drug-likeness (QED) is 0.608. The molecule has 0 amide bonds. The van der Waals surface area contributed by atoms with Gasteiger partial charge in [-0.25, -0.2) is 0 Å². The highest BCUT2D eigenvalue weighted by atomic mass is 16.5. The van der Waals surface area contributed by atoms with E-state index in [1.807, 2.05) is 0 Å². The number of rotatable bonds is 4. The van der Waals surface area contributed by atoms with Gasteiger partial charge in [0.1, 0.15) is 0 Å². The van der Waals surface area contributed by atoms with Crippen molar-refractivity contribution >= 4 is 0 Å². The Morgan fingerprint density at radius 3 is 2.55 bits per heavy atom. The first kappa shape index (κ1) is 9.05. The largest absolute Gasteiger partial charge is 0.378 e. The second kappa shape index (κ2) is 4.76. The third-order valence-electron chi connectivity index (χ3n) is 2.58. The summed E-state index contributed by atoms with van der Waals surface area (Å²) in [5.41, 5.74) is 0. The summed E-state index contributed by atoms with van der Waals surface area (Å²) in [6.45, 7) is 5.52. The summed E-state index contributed by atoms with van der Waals surface area (Å²) in [5.74, 6) is 0.875. The molecule has 0 N–H and O–H groups in total. The molecule has 0 spiro atoms. The average Bonchev–Trinajstić information content (AvgIpc) is 2.39. The molecule has 2 atom stereocenters. The zero-order valence-electron chi connectivity index (χ0n) is 7.81. The molecule has 0 aliphatic carbocycles. The van der Waals surface area contributed by atoms with Crippen LogP contribution in [0.3, 0.4) is 0 Å². The standard InChI is InChI=1S/C10H20O/c1-3-5-9-7-8-11-10(9)6-4-2/h9-10H,3-8H2,1-2H3. The summed E-state index contributed by atoms with van der Waals surface area (Å²) >= 11 is 0. The van der Waals surface area contributed by atoms with Crippen LogP contribution >= 0.6 is 0 Å². The van der Waals surface area contributed by atoms with E-state index < -0.39 is 0 Å². The van der Waals surface area contributed by atoms with Crippen molar-refractivity contribution in [3.63, 3.8) is 0 Å². The fourth-order valence-electron chi connectivity index (χ4n) is 2.00. The fraction of sp³-hybridized carbons (Fsp3) is 1.00. The lowest BCUT2D eigenvalue weighted by atomic mass is 9.94. The molecule has 2 unspecified atom stereocenters. The second-order valence-corrected chi connectivity index (χ2v) is 3.54. The van der Waals surface area contributed by atoms with Gasteiger partial charge in [0.2, 0.25) is 0 Å². The summed E-state index contributed by atoms with van der Waals surface area (Å²) in [6, 6.07) is 0. The van der Waals surface area contributed by atoms with Crippen LogP contribution in [0.1, 0.15) is 46.0 Å². The Hall–Kier alpha value is -0.0400. The van der Waals surface area contributed by atoms with Gasteiger partial charge >= 0.3 is 0 Å². The van der Waals surface area contributed by atoms with Crippen LogP contribution in [0.5, 0.6) is 0 Å². The summed E-state index contributed by atoms with van der Waals surface area (Å²) in [6.07, 6.45) is 7.12. The molecular formula is C10H20O. The van der Waals surface area contributed by atoms with Gasteiger partial charge in [0.05, 0.1) is 6.10 Å². The van der Waals surface area contributed by atoms with E-state index in [-0.39, 0.29) is 0 Å². The summed E-state index contributed by atoms with van der Waals surface area (Å²) < 4.78 is 5.66. The third kappa shape index (κ3) is 2.48. The van der Waals surface area contributed by atoms with E-state index in [1.165, 1.54) is 32.1 Å². The Morgan fingerprint density at radius 1 is 1.18 bits per heavy atom. The SMILES string of the molecule is CCCC1CCOC1CCC. The van der Waals surface area contributed by atoms with E-state index in [0.717, 1.165) is 12.5 Å². The summed E-state index contributed by atoms with van der Waals surface area (Å²) in [7, 11) is 0. The first-order chi connectivity index (χ1) is 5.38. The van der Waals surface area contributed by atoms with Crippen LogP contribution in [0, 0.1) is 5.92 Å². The molecule has 1 aliphatic rings. The predicted octanol–water partition coefficient (Wildman–Crippen LogP) is 2.99. The first-order valence-electron chi connectivity index (χ1n) is 5.00. The van der Waals surface area contributed by atoms with Crippen LogP contribution in [0.15, 0.2) is 0 Å². The van der Waals surface area contributed by atoms with Crippen molar-refractivity contribution in [1.29, 1.82) is 0 Å². The van der Waals surface area contributed by atoms with Crippen molar-refractivity contribution in [3.8, 4) is 0 Å².